The van der Waals surface area contributed by atoms with Crippen molar-refractivity contribution >= 4 is 54.5 Å². The lowest BCUT2D eigenvalue weighted by molar-refractivity contribution is 0.0697. The number of fused-ring (bicyclic) bond motifs is 4. The van der Waals surface area contributed by atoms with E-state index in [0.29, 0.717) is 30.0 Å². The number of halogens is 4. The van der Waals surface area contributed by atoms with Gasteiger partial charge in [0.15, 0.2) is 0 Å². The third kappa shape index (κ3) is 14.6. The summed E-state index contributed by atoms with van der Waals surface area (Å²) in [5, 5.41) is 48.2. The molecule has 13 rings (SSSR count). The standard InChI is InChI=1S/C17H16FN.C17H17NO.C17H19N.C17H15N.C4H8F3NOS/c18-16-7-9-17(12-19,10-8-16)15-6-5-13-3-1-2-4-14(13)11-15;18-12-17(9-7-16(19)8-10-17)15-6-5-13-3-1-2-4-14(13)11-15;2*18-13-17(10-4-1-5-11-17)16-9-8-14-6-2-3-7-15(14)12-16;5-10(6,7)8-1-3-9-4-2-8/h1-6,11,16H,7-10H2;1-6,11,16,19H,7-10H2;1-4,6-9,12H,5,10-11,13,18H2;1-4,6-9,12H,5,10-11H2;1-4H2/t;;2*17-;/m..11./s1. The number of alkyl halides is 1. The first-order chi connectivity index (χ1) is 40.7. The SMILES string of the molecule is FS(F)(F)N1CCOCC1.N#CC1(c2ccc3ccccc3c2)CCC(F)CC1.N#CC1(c2ccc3ccccc3c2)CCC(O)CC1.N#C[C@@]1(c2ccc3ccccc3c2)CC=CCC1.NC[C@@]1(c2ccc3ccccc3c2)CC=CCC1. The van der Waals surface area contributed by atoms with Gasteiger partial charge in [0.1, 0.15) is 6.17 Å². The molecule has 0 unspecified atom stereocenters. The summed E-state index contributed by atoms with van der Waals surface area (Å²) >= 11 is -4.97. The van der Waals surface area contributed by atoms with Crippen LogP contribution in [0, 0.1) is 34.0 Å². The van der Waals surface area contributed by atoms with Gasteiger partial charge in [-0.05, 0) is 173 Å². The summed E-state index contributed by atoms with van der Waals surface area (Å²) in [6.45, 7) is 1.13. The zero-order chi connectivity index (χ0) is 59.1. The Kier molecular flexibility index (Phi) is 20.4. The van der Waals surface area contributed by atoms with Crippen LogP contribution in [0.1, 0.15) is 112 Å². The Balaban J connectivity index is 0.000000128. The molecule has 1 saturated heterocycles. The fourth-order valence-corrected chi connectivity index (χ4v) is 13.1. The second kappa shape index (κ2) is 28.0. The smallest absolute Gasteiger partial charge is 0.278 e. The Bertz CT molecular complexity index is 3580. The third-order valence-electron chi connectivity index (χ3n) is 18.0. The molecule has 7 nitrogen and oxygen atoms in total. The van der Waals surface area contributed by atoms with Gasteiger partial charge in [0.2, 0.25) is 0 Å². The Morgan fingerprint density at radius 3 is 1.20 bits per heavy atom. The minimum Gasteiger partial charge on any atom is -0.393 e. The van der Waals surface area contributed by atoms with Crippen molar-refractivity contribution in [2.24, 2.45) is 5.73 Å². The number of hydrogen-bond acceptors (Lipinski definition) is 7. The average Bonchev–Trinajstić information content (AvgIpc) is 3.65. The quantitative estimate of drug-likeness (QED) is 0.125. The molecule has 0 amide bonds. The molecule has 8 aromatic rings. The molecule has 0 radical (unpaired) electrons. The van der Waals surface area contributed by atoms with E-state index >= 15 is 0 Å². The number of aliphatic hydroxyl groups is 1. The molecule has 1 heterocycles. The average molecular weight is 1150 g/mol. The first kappa shape index (κ1) is 61.2. The predicted octanol–water partition coefficient (Wildman–Crippen LogP) is 17.9. The summed E-state index contributed by atoms with van der Waals surface area (Å²) in [6.07, 6.45) is 19.3. The van der Waals surface area contributed by atoms with Crippen LogP contribution < -0.4 is 5.73 Å². The van der Waals surface area contributed by atoms with Crippen molar-refractivity contribution in [3.8, 4) is 18.2 Å². The number of hydrogen-bond donors (Lipinski definition) is 2. The van der Waals surface area contributed by atoms with Crippen LogP contribution >= 0.6 is 11.4 Å². The van der Waals surface area contributed by atoms with Crippen molar-refractivity contribution in [1.82, 2.24) is 4.31 Å². The molecule has 84 heavy (non-hydrogen) atoms. The molecule has 8 aromatic carbocycles. The molecule has 3 N–H and O–H groups in total. The van der Waals surface area contributed by atoms with E-state index in [1.54, 1.807) is 0 Å². The van der Waals surface area contributed by atoms with Gasteiger partial charge < -0.3 is 15.6 Å². The number of aliphatic hydroxyl groups excluding tert-OH is 1. The van der Waals surface area contributed by atoms with E-state index in [9.17, 15) is 36.9 Å². The summed E-state index contributed by atoms with van der Waals surface area (Å²) in [5.41, 5.74) is 9.70. The molecule has 3 fully saturated rings. The molecule has 0 aromatic heterocycles. The van der Waals surface area contributed by atoms with Gasteiger partial charge >= 0.3 is 0 Å². The molecule has 0 bridgehead atoms. The van der Waals surface area contributed by atoms with Gasteiger partial charge in [0, 0.05) is 25.0 Å². The predicted molar refractivity (Wildman–Crippen MR) is 336 cm³/mol. The van der Waals surface area contributed by atoms with Crippen LogP contribution in [-0.4, -0.2) is 54.5 Å². The van der Waals surface area contributed by atoms with Crippen molar-refractivity contribution in [3.05, 3.63) is 216 Å². The minimum absolute atomic E-state index is 0.00116. The summed E-state index contributed by atoms with van der Waals surface area (Å²) in [6, 6.07) is 66.4. The lowest BCUT2D eigenvalue weighted by Gasteiger charge is -2.34. The van der Waals surface area contributed by atoms with E-state index < -0.39 is 28.4 Å². The van der Waals surface area contributed by atoms with E-state index in [4.69, 9.17) is 10.5 Å². The Hall–Kier alpha value is -7.34. The zero-order valence-corrected chi connectivity index (χ0v) is 48.5. The van der Waals surface area contributed by atoms with E-state index in [-0.39, 0.29) is 43.2 Å². The minimum atomic E-state index is -4.97. The van der Waals surface area contributed by atoms with Crippen molar-refractivity contribution in [1.29, 1.82) is 15.8 Å². The highest BCUT2D eigenvalue weighted by molar-refractivity contribution is 8.18. The lowest BCUT2D eigenvalue weighted by atomic mass is 9.69. The highest BCUT2D eigenvalue weighted by atomic mass is 32.3. The normalized spacial score (nSPS) is 25.1. The highest BCUT2D eigenvalue weighted by Crippen LogP contribution is 2.56. The summed E-state index contributed by atoms with van der Waals surface area (Å²) in [7, 11) is 0. The molecule has 5 aliphatic rings. The van der Waals surface area contributed by atoms with Crippen LogP contribution in [0.2, 0.25) is 0 Å². The topological polar surface area (TPSA) is 130 Å². The maximum atomic E-state index is 13.3. The molecular formula is C72H75F4N5O2S. The number of nitriles is 3. The number of morpholine rings is 1. The Morgan fingerprint density at radius 1 is 0.476 bits per heavy atom. The van der Waals surface area contributed by atoms with Crippen LogP contribution in [0.15, 0.2) is 194 Å². The second-order valence-electron chi connectivity index (χ2n) is 23.1. The first-order valence-electron chi connectivity index (χ1n) is 29.5. The molecule has 434 valence electrons. The lowest BCUT2D eigenvalue weighted by Crippen LogP contribution is -2.35. The number of nitrogens with zero attached hydrogens (tertiary/aromatic N) is 4. The van der Waals surface area contributed by atoms with E-state index in [0.717, 1.165) is 86.4 Å². The molecule has 1 aliphatic heterocycles. The van der Waals surface area contributed by atoms with Gasteiger partial charge in [0.05, 0.1) is 53.8 Å². The van der Waals surface area contributed by atoms with Crippen molar-refractivity contribution in [3.63, 3.8) is 0 Å². The highest BCUT2D eigenvalue weighted by Gasteiger charge is 2.39. The number of allylic oxidation sites excluding steroid dienone is 4. The summed E-state index contributed by atoms with van der Waals surface area (Å²) < 4.78 is 54.3. The van der Waals surface area contributed by atoms with Gasteiger partial charge in [-0.3, -0.25) is 0 Å². The van der Waals surface area contributed by atoms with E-state index in [2.05, 4.69) is 170 Å². The van der Waals surface area contributed by atoms with Gasteiger partial charge in [0.25, 0.3) is 11.4 Å². The number of nitrogens with two attached hydrogens (primary N) is 1. The van der Waals surface area contributed by atoms with Crippen LogP contribution in [0.25, 0.3) is 43.1 Å². The molecule has 12 heteroatoms. The maximum absolute atomic E-state index is 13.3. The molecule has 4 aliphatic carbocycles. The van der Waals surface area contributed by atoms with Gasteiger partial charge in [-0.25, -0.2) is 4.39 Å². The number of rotatable bonds is 6. The molecule has 0 spiro atoms. The molecular weight excluding hydrogens is 1070 g/mol. The van der Waals surface area contributed by atoms with Crippen molar-refractivity contribution < 1.29 is 25.9 Å². The molecule has 2 atom stereocenters. The van der Waals surface area contributed by atoms with Crippen LogP contribution in [-0.2, 0) is 26.4 Å². The van der Waals surface area contributed by atoms with E-state index in [1.165, 1.54) is 49.7 Å². The van der Waals surface area contributed by atoms with Gasteiger partial charge in [-0.1, -0.05) is 176 Å². The zero-order valence-electron chi connectivity index (χ0n) is 47.7. The van der Waals surface area contributed by atoms with Crippen LogP contribution in [0.5, 0.6) is 0 Å². The van der Waals surface area contributed by atoms with Crippen LogP contribution in [0.3, 0.4) is 0 Å². The Morgan fingerprint density at radius 2 is 0.845 bits per heavy atom. The Labute approximate surface area is 495 Å². The fourth-order valence-electron chi connectivity index (χ4n) is 12.6. The maximum Gasteiger partial charge on any atom is 0.278 e. The van der Waals surface area contributed by atoms with Gasteiger partial charge in [-0.15, -0.1) is 11.7 Å². The van der Waals surface area contributed by atoms with Gasteiger partial charge in [-0.2, -0.15) is 20.1 Å². The summed E-state index contributed by atoms with van der Waals surface area (Å²) in [4.78, 5) is 0. The summed E-state index contributed by atoms with van der Waals surface area (Å²) in [5.74, 6) is 0. The third-order valence-corrected chi connectivity index (χ3v) is 18.9. The van der Waals surface area contributed by atoms with Crippen molar-refractivity contribution in [2.75, 3.05) is 32.8 Å². The number of ether oxygens (including phenoxy) is 1. The van der Waals surface area contributed by atoms with E-state index in [1.807, 2.05) is 42.5 Å². The van der Waals surface area contributed by atoms with Crippen LogP contribution in [0.4, 0.5) is 16.0 Å². The molecule has 2 saturated carbocycles. The first-order valence-corrected chi connectivity index (χ1v) is 30.8. The second-order valence-corrected chi connectivity index (χ2v) is 24.4. The number of benzene rings is 8. The van der Waals surface area contributed by atoms with Crippen molar-refractivity contribution in [2.45, 2.75) is 124 Å². The largest absolute Gasteiger partial charge is 0.393 e. The monoisotopic (exact) mass is 1150 g/mol. The fraction of sp³-hybridized carbons (Fsp3) is 0.347.